The van der Waals surface area contributed by atoms with Gasteiger partial charge in [0.2, 0.25) is 6.41 Å². The third kappa shape index (κ3) is 5.40. The summed E-state index contributed by atoms with van der Waals surface area (Å²) in [7, 11) is 0. The van der Waals surface area contributed by atoms with E-state index in [1.165, 1.54) is 0 Å². The van der Waals surface area contributed by atoms with Crippen LogP contribution < -0.4 is 16.0 Å². The molecule has 3 N–H and O–H groups in total. The number of hydrogen-bond acceptors (Lipinski definition) is 3. The van der Waals surface area contributed by atoms with Gasteiger partial charge in [-0.15, -0.1) is 0 Å². The van der Waals surface area contributed by atoms with Gasteiger partial charge in [0.15, 0.2) is 0 Å². The lowest BCUT2D eigenvalue weighted by atomic mass is 10.2. The molecule has 0 saturated heterocycles. The second kappa shape index (κ2) is 8.31. The summed E-state index contributed by atoms with van der Waals surface area (Å²) in [5.74, 6) is -1.41. The van der Waals surface area contributed by atoms with Crippen molar-refractivity contribution in [3.8, 4) is 0 Å². The highest BCUT2D eigenvalue weighted by Gasteiger charge is 2.13. The van der Waals surface area contributed by atoms with Crippen molar-refractivity contribution < 1.29 is 14.4 Å². The number of carbonyl (C=O) groups is 3. The van der Waals surface area contributed by atoms with Crippen LogP contribution in [-0.2, 0) is 14.4 Å². The minimum atomic E-state index is -0.713. The van der Waals surface area contributed by atoms with Crippen LogP contribution in [0.3, 0.4) is 0 Å². The minimum Gasteiger partial charge on any atom is -0.359 e. The van der Waals surface area contributed by atoms with E-state index in [2.05, 4.69) is 31.9 Å². The van der Waals surface area contributed by atoms with Crippen molar-refractivity contribution in [2.75, 3.05) is 18.4 Å². The zero-order valence-electron chi connectivity index (χ0n) is 11.0. The zero-order chi connectivity index (χ0) is 15.0. The van der Waals surface area contributed by atoms with Gasteiger partial charge in [0.1, 0.15) is 0 Å². The second-order valence-electron chi connectivity index (χ2n) is 4.10. The normalized spacial score (nSPS) is 9.70. The van der Waals surface area contributed by atoms with E-state index in [0.717, 1.165) is 10.0 Å². The zero-order valence-corrected chi connectivity index (χ0v) is 12.6. The van der Waals surface area contributed by atoms with E-state index < -0.39 is 11.8 Å². The number of aryl methyl sites for hydroxylation is 1. The van der Waals surface area contributed by atoms with Crippen LogP contribution in [0.4, 0.5) is 5.69 Å². The molecule has 0 fully saturated rings. The first-order valence-electron chi connectivity index (χ1n) is 6.07. The van der Waals surface area contributed by atoms with Gasteiger partial charge in [-0.1, -0.05) is 15.9 Å². The number of halogens is 1. The predicted octanol–water partition coefficient (Wildman–Crippen LogP) is 0.948. The first kappa shape index (κ1) is 16.2. The fraction of sp³-hybridized carbons (Fsp3) is 0.308. The molecule has 0 heterocycles. The van der Waals surface area contributed by atoms with E-state index in [1.807, 2.05) is 6.92 Å². The van der Waals surface area contributed by atoms with Gasteiger partial charge in [0, 0.05) is 23.2 Å². The molecule has 0 unspecified atom stereocenters. The highest BCUT2D eigenvalue weighted by atomic mass is 79.9. The summed E-state index contributed by atoms with van der Waals surface area (Å²) in [6.45, 7) is 2.67. The Morgan fingerprint density at radius 2 is 2.00 bits per heavy atom. The molecular formula is C13H16BrN3O3. The van der Waals surface area contributed by atoms with E-state index in [1.54, 1.807) is 18.2 Å². The lowest BCUT2D eigenvalue weighted by Gasteiger charge is -2.07. The van der Waals surface area contributed by atoms with Gasteiger partial charge in [-0.2, -0.15) is 0 Å². The van der Waals surface area contributed by atoms with Crippen LogP contribution in [0.5, 0.6) is 0 Å². The van der Waals surface area contributed by atoms with E-state index in [-0.39, 0.29) is 0 Å². The van der Waals surface area contributed by atoms with Gasteiger partial charge in [0.05, 0.1) is 0 Å². The van der Waals surface area contributed by atoms with Gasteiger partial charge in [-0.3, -0.25) is 14.4 Å². The summed E-state index contributed by atoms with van der Waals surface area (Å²) in [4.78, 5) is 33.1. The van der Waals surface area contributed by atoms with Gasteiger partial charge >= 0.3 is 11.8 Å². The van der Waals surface area contributed by atoms with Crippen molar-refractivity contribution in [2.45, 2.75) is 13.3 Å². The quantitative estimate of drug-likeness (QED) is 0.409. The molecule has 0 aliphatic heterocycles. The first-order valence-corrected chi connectivity index (χ1v) is 6.86. The van der Waals surface area contributed by atoms with Gasteiger partial charge in [-0.25, -0.2) is 0 Å². The molecule has 108 valence electrons. The molecule has 0 saturated carbocycles. The molecule has 0 radical (unpaired) electrons. The van der Waals surface area contributed by atoms with Crippen LogP contribution in [0.25, 0.3) is 0 Å². The van der Waals surface area contributed by atoms with E-state index in [9.17, 15) is 14.4 Å². The highest BCUT2D eigenvalue weighted by molar-refractivity contribution is 9.10. The molecule has 1 aromatic rings. The van der Waals surface area contributed by atoms with Crippen LogP contribution in [0, 0.1) is 6.92 Å². The smallest absolute Gasteiger partial charge is 0.313 e. The Labute approximate surface area is 125 Å². The highest BCUT2D eigenvalue weighted by Crippen LogP contribution is 2.19. The average molecular weight is 342 g/mol. The molecule has 0 atom stereocenters. The van der Waals surface area contributed by atoms with E-state index >= 15 is 0 Å². The minimum absolute atomic E-state index is 0.326. The predicted molar refractivity (Wildman–Crippen MR) is 79.2 cm³/mol. The summed E-state index contributed by atoms with van der Waals surface area (Å²) < 4.78 is 0.933. The van der Waals surface area contributed by atoms with Crippen molar-refractivity contribution in [1.82, 2.24) is 10.6 Å². The number of carbonyl (C=O) groups excluding carboxylic acids is 3. The fourth-order valence-corrected chi connectivity index (χ4v) is 1.69. The Kier molecular flexibility index (Phi) is 6.72. The van der Waals surface area contributed by atoms with Crippen molar-refractivity contribution in [1.29, 1.82) is 0 Å². The molecule has 6 nitrogen and oxygen atoms in total. The fourth-order valence-electron chi connectivity index (χ4n) is 1.44. The third-order valence-electron chi connectivity index (χ3n) is 2.49. The van der Waals surface area contributed by atoms with Crippen LogP contribution in [0.1, 0.15) is 12.0 Å². The number of hydrogen-bond donors (Lipinski definition) is 3. The molecule has 0 bridgehead atoms. The van der Waals surface area contributed by atoms with Crippen LogP contribution >= 0.6 is 15.9 Å². The maximum atomic E-state index is 11.6. The topological polar surface area (TPSA) is 87.3 Å². The molecule has 1 rings (SSSR count). The number of amides is 3. The van der Waals surface area contributed by atoms with Gasteiger partial charge < -0.3 is 16.0 Å². The van der Waals surface area contributed by atoms with Crippen molar-refractivity contribution in [3.63, 3.8) is 0 Å². The summed E-state index contributed by atoms with van der Waals surface area (Å²) in [6.07, 6.45) is 1.15. The second-order valence-corrected chi connectivity index (χ2v) is 4.95. The molecular weight excluding hydrogens is 326 g/mol. The van der Waals surface area contributed by atoms with Gasteiger partial charge in [-0.05, 0) is 37.1 Å². The Morgan fingerprint density at radius 1 is 1.25 bits per heavy atom. The molecule has 0 spiro atoms. The number of anilines is 1. The molecule has 3 amide bonds. The SMILES string of the molecule is Cc1cc(NC(=O)C(=O)NCCCNC=O)ccc1Br. The Balaban J connectivity index is 2.39. The first-order chi connectivity index (χ1) is 9.54. The molecule has 1 aromatic carbocycles. The maximum Gasteiger partial charge on any atom is 0.313 e. The van der Waals surface area contributed by atoms with Crippen LogP contribution in [-0.4, -0.2) is 31.3 Å². The lowest BCUT2D eigenvalue weighted by Crippen LogP contribution is -2.36. The van der Waals surface area contributed by atoms with Crippen molar-refractivity contribution in [2.24, 2.45) is 0 Å². The largest absolute Gasteiger partial charge is 0.359 e. The summed E-state index contributed by atoms with van der Waals surface area (Å²) in [5.41, 5.74) is 1.52. The summed E-state index contributed by atoms with van der Waals surface area (Å²) >= 11 is 3.36. The van der Waals surface area contributed by atoms with Gasteiger partial charge in [0.25, 0.3) is 0 Å². The maximum absolute atomic E-state index is 11.6. The third-order valence-corrected chi connectivity index (χ3v) is 3.38. The summed E-state index contributed by atoms with van der Waals surface area (Å²) in [5, 5.41) is 7.46. The number of benzene rings is 1. The standard InChI is InChI=1S/C13H16BrN3O3/c1-9-7-10(3-4-11(9)14)17-13(20)12(19)16-6-2-5-15-8-18/h3-4,7-8H,2,5-6H2,1H3,(H,15,18)(H,16,19)(H,17,20). The molecule has 0 aliphatic rings. The molecule has 20 heavy (non-hydrogen) atoms. The summed E-state index contributed by atoms with van der Waals surface area (Å²) in [6, 6.07) is 5.27. The monoisotopic (exact) mass is 341 g/mol. The Hall–Kier alpha value is -1.89. The average Bonchev–Trinajstić information content (AvgIpc) is 2.42. The Bertz CT molecular complexity index is 506. The Morgan fingerprint density at radius 3 is 2.65 bits per heavy atom. The number of nitrogens with one attached hydrogen (secondary N) is 3. The van der Waals surface area contributed by atoms with E-state index in [4.69, 9.17) is 0 Å². The van der Waals surface area contributed by atoms with E-state index in [0.29, 0.717) is 31.6 Å². The van der Waals surface area contributed by atoms with Crippen molar-refractivity contribution in [3.05, 3.63) is 28.2 Å². The van der Waals surface area contributed by atoms with Crippen LogP contribution in [0.15, 0.2) is 22.7 Å². The lowest BCUT2D eigenvalue weighted by molar-refractivity contribution is -0.136. The van der Waals surface area contributed by atoms with Crippen molar-refractivity contribution >= 4 is 39.8 Å². The molecule has 7 heteroatoms. The number of rotatable bonds is 6. The molecule has 0 aliphatic carbocycles. The molecule has 0 aromatic heterocycles. The van der Waals surface area contributed by atoms with Crippen LogP contribution in [0.2, 0.25) is 0 Å².